The van der Waals surface area contributed by atoms with Crippen LogP contribution in [0.4, 0.5) is 15.3 Å². The van der Waals surface area contributed by atoms with E-state index in [1.54, 1.807) is 55.4 Å². The molecule has 0 aromatic carbocycles. The van der Waals surface area contributed by atoms with E-state index in [2.05, 4.69) is 9.97 Å². The number of halogens is 1. The maximum absolute atomic E-state index is 12.8. The van der Waals surface area contributed by atoms with Crippen LogP contribution < -0.4 is 4.90 Å². The fourth-order valence-corrected chi connectivity index (χ4v) is 2.52. The molecule has 184 valence electrons. The van der Waals surface area contributed by atoms with Gasteiger partial charge in [-0.15, -0.1) is 0 Å². The van der Waals surface area contributed by atoms with Crippen LogP contribution in [0.25, 0.3) is 0 Å². The number of carbonyl (C=O) groups is 4. The molecule has 12 heteroatoms. The molecule has 0 spiro atoms. The number of rotatable bonds is 6. The molecule has 1 rings (SSSR count). The van der Waals surface area contributed by atoms with Gasteiger partial charge in [0.2, 0.25) is 5.92 Å². The normalized spacial score (nSPS) is 11.6. The summed E-state index contributed by atoms with van der Waals surface area (Å²) >= 11 is 6.25. The summed E-state index contributed by atoms with van der Waals surface area (Å²) in [6.07, 6.45) is -1.16. The topological polar surface area (TPSA) is 134 Å². The van der Waals surface area contributed by atoms with Crippen molar-refractivity contribution >= 4 is 41.4 Å². The Labute approximate surface area is 197 Å². The van der Waals surface area contributed by atoms with Gasteiger partial charge in [0.25, 0.3) is 0 Å². The predicted octanol–water partition coefficient (Wildman–Crippen LogP) is 4.02. The van der Waals surface area contributed by atoms with Crippen molar-refractivity contribution in [2.45, 2.75) is 72.5 Å². The van der Waals surface area contributed by atoms with Crippen molar-refractivity contribution in [2.75, 3.05) is 18.1 Å². The number of nitrogens with zero attached hydrogens (tertiary/aromatic N) is 3. The maximum atomic E-state index is 12.8. The molecule has 0 bridgehead atoms. The fraction of sp³-hybridized carbons (Fsp3) is 0.619. The van der Waals surface area contributed by atoms with E-state index < -0.39 is 46.4 Å². The van der Waals surface area contributed by atoms with Crippen molar-refractivity contribution in [3.05, 3.63) is 17.2 Å². The second kappa shape index (κ2) is 11.3. The molecule has 0 fully saturated rings. The quantitative estimate of drug-likeness (QED) is 0.250. The molecule has 0 unspecified atom stereocenters. The Bertz CT molecular complexity index is 846. The molecular formula is C21H30ClN3O8. The summed E-state index contributed by atoms with van der Waals surface area (Å²) in [4.78, 5) is 58.7. The van der Waals surface area contributed by atoms with Crippen LogP contribution >= 0.6 is 11.6 Å². The highest BCUT2D eigenvalue weighted by atomic mass is 35.5. The Kier molecular flexibility index (Phi) is 9.58. The molecule has 0 radical (unpaired) electrons. The van der Waals surface area contributed by atoms with Gasteiger partial charge in [-0.1, -0.05) is 11.6 Å². The minimum Gasteiger partial charge on any atom is -0.465 e. The third-order valence-corrected chi connectivity index (χ3v) is 3.72. The highest BCUT2D eigenvalue weighted by Gasteiger charge is 2.38. The molecule has 1 aromatic heterocycles. The zero-order valence-corrected chi connectivity index (χ0v) is 20.8. The summed E-state index contributed by atoms with van der Waals surface area (Å²) in [6, 6.07) is 0. The van der Waals surface area contributed by atoms with Crippen molar-refractivity contribution in [2.24, 2.45) is 0 Å². The van der Waals surface area contributed by atoms with Gasteiger partial charge in [0.05, 0.1) is 19.4 Å². The third-order valence-electron chi connectivity index (χ3n) is 3.44. The van der Waals surface area contributed by atoms with E-state index >= 15 is 0 Å². The van der Waals surface area contributed by atoms with Crippen LogP contribution in [0.1, 0.15) is 67.1 Å². The van der Waals surface area contributed by atoms with Crippen LogP contribution in [0.2, 0.25) is 5.15 Å². The van der Waals surface area contributed by atoms with E-state index in [4.69, 9.17) is 30.5 Å². The van der Waals surface area contributed by atoms with Crippen molar-refractivity contribution in [1.82, 2.24) is 9.97 Å². The largest absolute Gasteiger partial charge is 0.465 e. The number of carbonyl (C=O) groups excluding carboxylic acids is 4. The van der Waals surface area contributed by atoms with Gasteiger partial charge in [0.1, 0.15) is 16.9 Å². The molecule has 2 amide bonds. The van der Waals surface area contributed by atoms with Crippen LogP contribution in [0.15, 0.2) is 6.20 Å². The first-order valence-corrected chi connectivity index (χ1v) is 10.6. The summed E-state index contributed by atoms with van der Waals surface area (Å²) in [5, 5.41) is -0.407. The number of anilines is 1. The fourth-order valence-electron chi connectivity index (χ4n) is 2.30. The van der Waals surface area contributed by atoms with E-state index in [0.717, 1.165) is 6.20 Å². The maximum Gasteiger partial charge on any atom is 0.424 e. The predicted molar refractivity (Wildman–Crippen MR) is 118 cm³/mol. The van der Waals surface area contributed by atoms with Crippen molar-refractivity contribution < 1.29 is 38.1 Å². The zero-order valence-electron chi connectivity index (χ0n) is 20.1. The Morgan fingerprint density at radius 2 is 1.33 bits per heavy atom. The number of amides is 2. The lowest BCUT2D eigenvalue weighted by atomic mass is 10.1. The molecule has 0 saturated heterocycles. The van der Waals surface area contributed by atoms with Crippen LogP contribution in [0.5, 0.6) is 0 Å². The van der Waals surface area contributed by atoms with E-state index in [9.17, 15) is 19.2 Å². The van der Waals surface area contributed by atoms with Gasteiger partial charge >= 0.3 is 24.1 Å². The van der Waals surface area contributed by atoms with Gasteiger partial charge in [-0.05, 0) is 55.4 Å². The summed E-state index contributed by atoms with van der Waals surface area (Å²) in [6.45, 7) is 12.8. The van der Waals surface area contributed by atoms with E-state index in [1.807, 2.05) is 0 Å². The lowest BCUT2D eigenvalue weighted by molar-refractivity contribution is -0.157. The van der Waals surface area contributed by atoms with Gasteiger partial charge in [-0.2, -0.15) is 4.90 Å². The van der Waals surface area contributed by atoms with Gasteiger partial charge in [0.15, 0.2) is 11.0 Å². The van der Waals surface area contributed by atoms with Crippen LogP contribution in [0, 0.1) is 0 Å². The molecule has 0 saturated carbocycles. The zero-order chi connectivity index (χ0) is 25.6. The van der Waals surface area contributed by atoms with E-state index in [0.29, 0.717) is 4.90 Å². The first kappa shape index (κ1) is 28.1. The Balaban J connectivity index is 3.49. The third kappa shape index (κ3) is 8.49. The van der Waals surface area contributed by atoms with Crippen molar-refractivity contribution in [1.29, 1.82) is 0 Å². The Morgan fingerprint density at radius 3 is 1.67 bits per heavy atom. The first-order chi connectivity index (χ1) is 15.1. The molecule has 0 N–H and O–H groups in total. The van der Waals surface area contributed by atoms with Crippen molar-refractivity contribution in [3.8, 4) is 0 Å². The van der Waals surface area contributed by atoms with Crippen LogP contribution in [0.3, 0.4) is 0 Å². The monoisotopic (exact) mass is 487 g/mol. The summed E-state index contributed by atoms with van der Waals surface area (Å²) in [5.74, 6) is -3.80. The van der Waals surface area contributed by atoms with Crippen LogP contribution in [-0.2, 0) is 28.5 Å². The summed E-state index contributed by atoms with van der Waals surface area (Å²) < 4.78 is 20.4. The smallest absolute Gasteiger partial charge is 0.424 e. The first-order valence-electron chi connectivity index (χ1n) is 10.2. The lowest BCUT2D eigenvalue weighted by Crippen LogP contribution is -2.44. The average molecular weight is 488 g/mol. The molecule has 0 aliphatic rings. The number of hydrogen-bond acceptors (Lipinski definition) is 10. The van der Waals surface area contributed by atoms with Gasteiger partial charge in [-0.3, -0.25) is 9.59 Å². The summed E-state index contributed by atoms with van der Waals surface area (Å²) in [5.41, 5.74) is -2.15. The SMILES string of the molecule is CCOC(=O)C(C(=O)OCC)c1ncc(N(C(=O)OC(C)(C)C)C(=O)OC(C)(C)C)c(Cl)n1. The second-order valence-corrected chi connectivity index (χ2v) is 9.00. The van der Waals surface area contributed by atoms with E-state index in [1.165, 1.54) is 0 Å². The lowest BCUT2D eigenvalue weighted by Gasteiger charge is -2.28. The molecule has 0 aliphatic carbocycles. The second-order valence-electron chi connectivity index (χ2n) is 8.64. The molecular weight excluding hydrogens is 458 g/mol. The number of ether oxygens (including phenoxy) is 4. The minimum absolute atomic E-state index is 0.00558. The van der Waals surface area contributed by atoms with Gasteiger partial charge in [-0.25, -0.2) is 19.6 Å². The number of hydrogen-bond donors (Lipinski definition) is 0. The number of imide groups is 1. The number of esters is 2. The molecule has 0 aliphatic heterocycles. The highest BCUT2D eigenvalue weighted by Crippen LogP contribution is 2.29. The molecule has 33 heavy (non-hydrogen) atoms. The standard InChI is InChI=1S/C21H30ClN3O8/c1-9-30-16(26)13(17(27)31-10-2)15-23-11-12(14(22)24-15)25(18(28)32-20(3,4)5)19(29)33-21(6,7)8/h11,13H,9-10H2,1-8H3. The van der Waals surface area contributed by atoms with Crippen LogP contribution in [-0.4, -0.2) is 58.5 Å². The molecule has 1 aromatic rings. The minimum atomic E-state index is -1.60. The molecule has 1 heterocycles. The Hall–Kier alpha value is -2.95. The highest BCUT2D eigenvalue weighted by molar-refractivity contribution is 6.33. The van der Waals surface area contributed by atoms with E-state index in [-0.39, 0.29) is 24.7 Å². The van der Waals surface area contributed by atoms with Gasteiger partial charge < -0.3 is 18.9 Å². The Morgan fingerprint density at radius 1 is 0.909 bits per heavy atom. The molecule has 11 nitrogen and oxygen atoms in total. The molecule has 0 atom stereocenters. The average Bonchev–Trinajstić information content (AvgIpc) is 2.61. The summed E-state index contributed by atoms with van der Waals surface area (Å²) in [7, 11) is 0. The van der Waals surface area contributed by atoms with Crippen molar-refractivity contribution in [3.63, 3.8) is 0 Å². The number of aromatic nitrogens is 2. The van der Waals surface area contributed by atoms with Gasteiger partial charge in [0, 0.05) is 0 Å².